The Labute approximate surface area is 231 Å². The van der Waals surface area contributed by atoms with E-state index in [4.69, 9.17) is 17.2 Å². The van der Waals surface area contributed by atoms with Gasteiger partial charge in [0.15, 0.2) is 0 Å². The standard InChI is InChI=1S/3C9H12N2.C3H3N3/c3*1-2-7-11-9-5-3-8(10)4-6-9;1-4-2-6-3-5-1/h3*2-6,11H,1,7,10H2;1-3H. The lowest BCUT2D eigenvalue weighted by Crippen LogP contribution is -1.97. The first-order valence-electron chi connectivity index (χ1n) is 12.1. The van der Waals surface area contributed by atoms with Gasteiger partial charge in [0.2, 0.25) is 0 Å². The van der Waals surface area contributed by atoms with Gasteiger partial charge >= 0.3 is 0 Å². The zero-order valence-corrected chi connectivity index (χ0v) is 22.2. The van der Waals surface area contributed by atoms with Gasteiger partial charge in [-0.05, 0) is 72.8 Å². The Bertz CT molecular complexity index is 1010. The van der Waals surface area contributed by atoms with Crippen molar-refractivity contribution < 1.29 is 0 Å². The minimum Gasteiger partial charge on any atom is -0.399 e. The Morgan fingerprint density at radius 3 is 0.872 bits per heavy atom. The molecule has 1 heterocycles. The van der Waals surface area contributed by atoms with Gasteiger partial charge in [-0.2, -0.15) is 0 Å². The summed E-state index contributed by atoms with van der Waals surface area (Å²) < 4.78 is 0. The molecule has 9 nitrogen and oxygen atoms in total. The maximum absolute atomic E-state index is 5.51. The first-order valence-corrected chi connectivity index (χ1v) is 12.1. The number of anilines is 6. The van der Waals surface area contributed by atoms with Gasteiger partial charge in [0.05, 0.1) is 0 Å². The van der Waals surface area contributed by atoms with Crippen LogP contribution in [0, 0.1) is 0 Å². The van der Waals surface area contributed by atoms with Crippen LogP contribution < -0.4 is 33.2 Å². The Kier molecular flexibility index (Phi) is 16.9. The van der Waals surface area contributed by atoms with E-state index < -0.39 is 0 Å². The quantitative estimate of drug-likeness (QED) is 0.123. The largest absolute Gasteiger partial charge is 0.399 e. The topological polar surface area (TPSA) is 153 Å². The molecule has 0 radical (unpaired) electrons. The summed E-state index contributed by atoms with van der Waals surface area (Å²) >= 11 is 0. The fraction of sp³-hybridized carbons (Fsp3) is 0.100. The van der Waals surface area contributed by atoms with E-state index >= 15 is 0 Å². The van der Waals surface area contributed by atoms with Crippen molar-refractivity contribution >= 4 is 34.1 Å². The van der Waals surface area contributed by atoms with Crippen LogP contribution in [0.4, 0.5) is 34.1 Å². The SMILES string of the molecule is C=CCNc1ccc(N)cc1.C=CCNc1ccc(N)cc1.C=CCNc1ccc(N)cc1.c1ncncn1. The third-order valence-corrected chi connectivity index (χ3v) is 4.48. The average molecular weight is 526 g/mol. The van der Waals surface area contributed by atoms with E-state index in [0.717, 1.165) is 53.8 Å². The maximum Gasteiger partial charge on any atom is 0.119 e. The molecule has 0 fully saturated rings. The number of hydrogen-bond acceptors (Lipinski definition) is 9. The molecule has 0 amide bonds. The highest BCUT2D eigenvalue weighted by Crippen LogP contribution is 2.11. The fourth-order valence-corrected chi connectivity index (χ4v) is 2.58. The van der Waals surface area contributed by atoms with Crippen LogP contribution in [0.15, 0.2) is 130 Å². The van der Waals surface area contributed by atoms with Gasteiger partial charge in [-0.3, -0.25) is 0 Å². The van der Waals surface area contributed by atoms with Crippen molar-refractivity contribution in [1.82, 2.24) is 15.0 Å². The van der Waals surface area contributed by atoms with Crippen LogP contribution in [-0.4, -0.2) is 34.6 Å². The number of benzene rings is 3. The predicted molar refractivity (Wildman–Crippen MR) is 168 cm³/mol. The molecule has 3 aromatic carbocycles. The van der Waals surface area contributed by atoms with Crippen molar-refractivity contribution in [3.63, 3.8) is 0 Å². The van der Waals surface area contributed by atoms with Crippen LogP contribution in [-0.2, 0) is 0 Å². The molecule has 0 saturated carbocycles. The Morgan fingerprint density at radius 2 is 0.692 bits per heavy atom. The summed E-state index contributed by atoms with van der Waals surface area (Å²) in [7, 11) is 0. The van der Waals surface area contributed by atoms with Gasteiger partial charge in [-0.25, -0.2) is 15.0 Å². The van der Waals surface area contributed by atoms with Crippen molar-refractivity contribution in [2.24, 2.45) is 0 Å². The van der Waals surface area contributed by atoms with Gasteiger partial charge in [0.1, 0.15) is 19.0 Å². The van der Waals surface area contributed by atoms with E-state index in [-0.39, 0.29) is 0 Å². The average Bonchev–Trinajstić information content (AvgIpc) is 2.98. The number of nitrogens with zero attached hydrogens (tertiary/aromatic N) is 3. The van der Waals surface area contributed by atoms with Crippen LogP contribution in [0.5, 0.6) is 0 Å². The molecule has 0 atom stereocenters. The zero-order chi connectivity index (χ0) is 28.6. The first-order chi connectivity index (χ1) is 19.0. The van der Waals surface area contributed by atoms with Crippen molar-refractivity contribution in [2.75, 3.05) is 52.8 Å². The van der Waals surface area contributed by atoms with Gasteiger partial charge in [0.25, 0.3) is 0 Å². The lowest BCUT2D eigenvalue weighted by Gasteiger charge is -2.01. The monoisotopic (exact) mass is 525 g/mol. The summed E-state index contributed by atoms with van der Waals surface area (Å²) in [6.07, 6.45) is 9.76. The molecule has 9 N–H and O–H groups in total. The molecule has 0 aliphatic carbocycles. The van der Waals surface area contributed by atoms with E-state index in [1.807, 2.05) is 91.0 Å². The smallest absolute Gasteiger partial charge is 0.119 e. The van der Waals surface area contributed by atoms with E-state index in [2.05, 4.69) is 50.6 Å². The molecule has 4 aromatic rings. The summed E-state index contributed by atoms with van der Waals surface area (Å²) in [6.45, 7) is 13.2. The molecule has 1 aromatic heterocycles. The molecule has 0 aliphatic rings. The van der Waals surface area contributed by atoms with Gasteiger partial charge in [-0.15, -0.1) is 19.7 Å². The van der Waals surface area contributed by atoms with Crippen molar-refractivity contribution in [3.05, 3.63) is 130 Å². The highest BCUT2D eigenvalue weighted by Gasteiger charge is 1.89. The molecule has 204 valence electrons. The summed E-state index contributed by atoms with van der Waals surface area (Å²) in [5.74, 6) is 0. The molecule has 0 unspecified atom stereocenters. The maximum atomic E-state index is 5.51. The highest BCUT2D eigenvalue weighted by molar-refractivity contribution is 5.52. The van der Waals surface area contributed by atoms with Crippen LogP contribution in [0.3, 0.4) is 0 Å². The highest BCUT2D eigenvalue weighted by atomic mass is 14.9. The predicted octanol–water partition coefficient (Wildman–Crippen LogP) is 5.47. The summed E-state index contributed by atoms with van der Waals surface area (Å²) in [5.41, 5.74) is 22.1. The Balaban J connectivity index is 0.000000265. The molecule has 0 bridgehead atoms. The molecule has 4 rings (SSSR count). The summed E-state index contributed by atoms with van der Waals surface area (Å²) in [4.78, 5) is 10.7. The lowest BCUT2D eigenvalue weighted by molar-refractivity contribution is 1.05. The first kappa shape index (κ1) is 31.7. The van der Waals surface area contributed by atoms with Crippen LogP contribution in [0.2, 0.25) is 0 Å². The third-order valence-electron chi connectivity index (χ3n) is 4.48. The fourth-order valence-electron chi connectivity index (χ4n) is 2.58. The van der Waals surface area contributed by atoms with Gasteiger partial charge in [-0.1, -0.05) is 18.2 Å². The second-order valence-corrected chi connectivity index (χ2v) is 7.67. The summed E-state index contributed by atoms with van der Waals surface area (Å²) in [5, 5.41) is 9.44. The van der Waals surface area contributed by atoms with E-state index in [1.165, 1.54) is 19.0 Å². The number of nitrogen functional groups attached to an aromatic ring is 3. The lowest BCUT2D eigenvalue weighted by atomic mass is 10.3. The normalized spacial score (nSPS) is 8.92. The molecule has 0 saturated heterocycles. The molecule has 9 heteroatoms. The van der Waals surface area contributed by atoms with Crippen molar-refractivity contribution in [3.8, 4) is 0 Å². The van der Waals surface area contributed by atoms with E-state index in [9.17, 15) is 0 Å². The molecule has 0 spiro atoms. The second kappa shape index (κ2) is 20.8. The van der Waals surface area contributed by atoms with Crippen molar-refractivity contribution in [1.29, 1.82) is 0 Å². The van der Waals surface area contributed by atoms with Crippen molar-refractivity contribution in [2.45, 2.75) is 0 Å². The molecular formula is C30H39N9. The Hall–Kier alpha value is -5.31. The Morgan fingerprint density at radius 1 is 0.462 bits per heavy atom. The van der Waals surface area contributed by atoms with Crippen LogP contribution >= 0.6 is 0 Å². The van der Waals surface area contributed by atoms with E-state index in [1.54, 1.807) is 0 Å². The summed E-state index contributed by atoms with van der Waals surface area (Å²) in [6, 6.07) is 22.9. The molecule has 39 heavy (non-hydrogen) atoms. The number of nitrogens with two attached hydrogens (primary N) is 3. The number of nitrogens with one attached hydrogen (secondary N) is 3. The minimum atomic E-state index is 0.782. The third kappa shape index (κ3) is 16.9. The number of rotatable bonds is 9. The minimum absolute atomic E-state index is 0.782. The number of aromatic nitrogens is 3. The van der Waals surface area contributed by atoms with Gasteiger partial charge < -0.3 is 33.2 Å². The van der Waals surface area contributed by atoms with Gasteiger partial charge in [0, 0.05) is 53.8 Å². The molecular weight excluding hydrogens is 486 g/mol. The van der Waals surface area contributed by atoms with Crippen LogP contribution in [0.1, 0.15) is 0 Å². The number of hydrogen-bond donors (Lipinski definition) is 6. The van der Waals surface area contributed by atoms with Crippen LogP contribution in [0.25, 0.3) is 0 Å². The second-order valence-electron chi connectivity index (χ2n) is 7.67. The zero-order valence-electron chi connectivity index (χ0n) is 22.2. The van der Waals surface area contributed by atoms with E-state index in [0.29, 0.717) is 0 Å². The molecule has 0 aliphatic heterocycles.